The molecule has 1 atom stereocenters. The fourth-order valence-electron chi connectivity index (χ4n) is 2.90. The first-order chi connectivity index (χ1) is 12.4. The number of hydrogen-bond donors (Lipinski definition) is 2. The number of amides is 2. The van der Waals surface area contributed by atoms with E-state index in [1.165, 1.54) is 16.9 Å². The molecule has 2 heterocycles. The summed E-state index contributed by atoms with van der Waals surface area (Å²) in [6.07, 6.45) is 1.64. The lowest BCUT2D eigenvalue weighted by atomic mass is 10.1. The SMILES string of the molecule is Cc1ccc(CN2CC(C(=O)Nc3ccn(CC(=O)O)n3)CC2=O)cc1. The number of aryl methyl sites for hydroxylation is 1. The van der Waals surface area contributed by atoms with Crippen LogP contribution in [0.2, 0.25) is 0 Å². The number of carbonyl (C=O) groups excluding carboxylic acids is 2. The van der Waals surface area contributed by atoms with Crippen LogP contribution in [0.5, 0.6) is 0 Å². The van der Waals surface area contributed by atoms with E-state index in [4.69, 9.17) is 5.11 Å². The molecule has 8 heteroatoms. The van der Waals surface area contributed by atoms with Crippen molar-refractivity contribution in [1.82, 2.24) is 14.7 Å². The predicted octanol–water partition coefficient (Wildman–Crippen LogP) is 1.26. The van der Waals surface area contributed by atoms with Gasteiger partial charge in [0.15, 0.2) is 5.82 Å². The molecule has 1 unspecified atom stereocenters. The number of benzene rings is 1. The number of nitrogens with one attached hydrogen (secondary N) is 1. The molecule has 1 fully saturated rings. The van der Waals surface area contributed by atoms with E-state index in [2.05, 4.69) is 10.4 Å². The lowest BCUT2D eigenvalue weighted by molar-refractivity contribution is -0.138. The molecule has 26 heavy (non-hydrogen) atoms. The number of likely N-dealkylation sites (tertiary alicyclic amines) is 1. The van der Waals surface area contributed by atoms with Crippen molar-refractivity contribution in [3.8, 4) is 0 Å². The van der Waals surface area contributed by atoms with E-state index >= 15 is 0 Å². The maximum absolute atomic E-state index is 12.4. The standard InChI is InChI=1S/C18H20N4O4/c1-12-2-4-13(5-3-12)9-21-10-14(8-16(21)23)18(26)19-15-6-7-22(20-15)11-17(24)25/h2-7,14H,8-11H2,1H3,(H,24,25)(H,19,20,26). The minimum Gasteiger partial charge on any atom is -0.480 e. The summed E-state index contributed by atoms with van der Waals surface area (Å²) < 4.78 is 1.22. The molecule has 2 N–H and O–H groups in total. The van der Waals surface area contributed by atoms with E-state index < -0.39 is 11.9 Å². The van der Waals surface area contributed by atoms with E-state index in [-0.39, 0.29) is 30.6 Å². The zero-order valence-electron chi connectivity index (χ0n) is 14.4. The van der Waals surface area contributed by atoms with Crippen LogP contribution >= 0.6 is 0 Å². The normalized spacial score (nSPS) is 16.7. The van der Waals surface area contributed by atoms with Gasteiger partial charge in [0, 0.05) is 31.8 Å². The predicted molar refractivity (Wildman–Crippen MR) is 93.2 cm³/mol. The van der Waals surface area contributed by atoms with Gasteiger partial charge < -0.3 is 15.3 Å². The Kier molecular flexibility index (Phi) is 5.01. The van der Waals surface area contributed by atoms with Gasteiger partial charge in [-0.2, -0.15) is 5.10 Å². The number of carbonyl (C=O) groups is 3. The van der Waals surface area contributed by atoms with Crippen LogP contribution in [0.3, 0.4) is 0 Å². The van der Waals surface area contributed by atoms with E-state index in [0.717, 1.165) is 11.1 Å². The van der Waals surface area contributed by atoms with Crippen LogP contribution in [0.1, 0.15) is 17.5 Å². The summed E-state index contributed by atoms with van der Waals surface area (Å²) in [5.74, 6) is -1.52. The van der Waals surface area contributed by atoms with Gasteiger partial charge in [0.25, 0.3) is 0 Å². The van der Waals surface area contributed by atoms with Gasteiger partial charge >= 0.3 is 5.97 Å². The molecule has 0 spiro atoms. The smallest absolute Gasteiger partial charge is 0.325 e. The lowest BCUT2D eigenvalue weighted by Crippen LogP contribution is -2.28. The summed E-state index contributed by atoms with van der Waals surface area (Å²) in [6.45, 7) is 2.57. The topological polar surface area (TPSA) is 105 Å². The zero-order valence-corrected chi connectivity index (χ0v) is 14.4. The third-order valence-corrected chi connectivity index (χ3v) is 4.27. The zero-order chi connectivity index (χ0) is 18.7. The van der Waals surface area contributed by atoms with Gasteiger partial charge in [-0.05, 0) is 12.5 Å². The summed E-state index contributed by atoms with van der Waals surface area (Å²) in [5.41, 5.74) is 2.18. The van der Waals surface area contributed by atoms with Crippen LogP contribution in [-0.4, -0.2) is 44.1 Å². The van der Waals surface area contributed by atoms with Crippen molar-refractivity contribution in [1.29, 1.82) is 0 Å². The lowest BCUT2D eigenvalue weighted by Gasteiger charge is -2.16. The second-order valence-corrected chi connectivity index (χ2v) is 6.44. The molecule has 1 aromatic carbocycles. The molecule has 1 aliphatic heterocycles. The third-order valence-electron chi connectivity index (χ3n) is 4.27. The molecule has 1 aromatic heterocycles. The molecule has 3 rings (SSSR count). The molecule has 2 amide bonds. The van der Waals surface area contributed by atoms with Crippen LogP contribution in [-0.2, 0) is 27.5 Å². The van der Waals surface area contributed by atoms with Gasteiger partial charge in [-0.25, -0.2) is 0 Å². The molecule has 0 aliphatic carbocycles. The Morgan fingerprint density at radius 2 is 2.00 bits per heavy atom. The van der Waals surface area contributed by atoms with E-state index in [1.807, 2.05) is 31.2 Å². The largest absolute Gasteiger partial charge is 0.480 e. The number of carboxylic acid groups (broad SMARTS) is 1. The van der Waals surface area contributed by atoms with Gasteiger partial charge in [-0.1, -0.05) is 29.8 Å². The fraction of sp³-hybridized carbons (Fsp3) is 0.333. The summed E-state index contributed by atoms with van der Waals surface area (Å²) in [4.78, 5) is 36.9. The first-order valence-corrected chi connectivity index (χ1v) is 8.30. The highest BCUT2D eigenvalue weighted by Crippen LogP contribution is 2.21. The molecular formula is C18H20N4O4. The Morgan fingerprint density at radius 3 is 2.69 bits per heavy atom. The first-order valence-electron chi connectivity index (χ1n) is 8.30. The van der Waals surface area contributed by atoms with Gasteiger partial charge in [0.2, 0.25) is 11.8 Å². The van der Waals surface area contributed by atoms with E-state index in [0.29, 0.717) is 13.1 Å². The minimum absolute atomic E-state index is 0.0536. The number of anilines is 1. The number of hydrogen-bond acceptors (Lipinski definition) is 4. The van der Waals surface area contributed by atoms with E-state index in [9.17, 15) is 14.4 Å². The number of nitrogens with zero attached hydrogens (tertiary/aromatic N) is 3. The Balaban J connectivity index is 1.57. The number of aromatic nitrogens is 2. The first kappa shape index (κ1) is 17.7. The van der Waals surface area contributed by atoms with E-state index in [1.54, 1.807) is 4.90 Å². The van der Waals surface area contributed by atoms with Crippen molar-refractivity contribution < 1.29 is 19.5 Å². The van der Waals surface area contributed by atoms with Crippen molar-refractivity contribution in [2.75, 3.05) is 11.9 Å². The van der Waals surface area contributed by atoms with Crippen molar-refractivity contribution in [3.05, 3.63) is 47.7 Å². The van der Waals surface area contributed by atoms with Gasteiger partial charge in [-0.15, -0.1) is 0 Å². The number of aliphatic carboxylic acids is 1. The fourth-order valence-corrected chi connectivity index (χ4v) is 2.90. The van der Waals surface area contributed by atoms with Crippen molar-refractivity contribution in [3.63, 3.8) is 0 Å². The van der Waals surface area contributed by atoms with Crippen LogP contribution in [0.4, 0.5) is 5.82 Å². The van der Waals surface area contributed by atoms with Gasteiger partial charge in [-0.3, -0.25) is 19.1 Å². The highest BCUT2D eigenvalue weighted by molar-refractivity contribution is 5.96. The quantitative estimate of drug-likeness (QED) is 0.811. The molecule has 8 nitrogen and oxygen atoms in total. The maximum Gasteiger partial charge on any atom is 0.325 e. The maximum atomic E-state index is 12.4. The summed E-state index contributed by atoms with van der Waals surface area (Å²) in [7, 11) is 0. The highest BCUT2D eigenvalue weighted by Gasteiger charge is 2.34. The Hall–Kier alpha value is -3.16. The average molecular weight is 356 g/mol. The minimum atomic E-state index is -1.01. The van der Waals surface area contributed by atoms with Crippen molar-refractivity contribution in [2.45, 2.75) is 26.4 Å². The molecule has 1 aliphatic rings. The molecule has 1 saturated heterocycles. The van der Waals surface area contributed by atoms with Crippen molar-refractivity contribution in [2.24, 2.45) is 5.92 Å². The summed E-state index contributed by atoms with van der Waals surface area (Å²) >= 11 is 0. The highest BCUT2D eigenvalue weighted by atomic mass is 16.4. The Morgan fingerprint density at radius 1 is 1.27 bits per heavy atom. The van der Waals surface area contributed by atoms with Crippen LogP contribution in [0, 0.1) is 12.8 Å². The van der Waals surface area contributed by atoms with Gasteiger partial charge in [0.1, 0.15) is 6.54 Å². The molecule has 136 valence electrons. The molecule has 0 saturated carbocycles. The second kappa shape index (κ2) is 7.38. The molecule has 2 aromatic rings. The Bertz CT molecular complexity index is 828. The summed E-state index contributed by atoms with van der Waals surface area (Å²) in [6, 6.07) is 9.47. The molecule has 0 bridgehead atoms. The second-order valence-electron chi connectivity index (χ2n) is 6.44. The molecule has 0 radical (unpaired) electrons. The van der Waals surface area contributed by atoms with Crippen LogP contribution in [0.15, 0.2) is 36.5 Å². The third kappa shape index (κ3) is 4.27. The Labute approximate surface area is 150 Å². The summed E-state index contributed by atoms with van der Waals surface area (Å²) in [5, 5.41) is 15.4. The number of rotatable bonds is 6. The van der Waals surface area contributed by atoms with Crippen LogP contribution in [0.25, 0.3) is 0 Å². The van der Waals surface area contributed by atoms with Crippen LogP contribution < -0.4 is 5.32 Å². The number of carboxylic acids is 1. The monoisotopic (exact) mass is 356 g/mol. The molecular weight excluding hydrogens is 336 g/mol. The van der Waals surface area contributed by atoms with Crippen molar-refractivity contribution >= 4 is 23.6 Å². The van der Waals surface area contributed by atoms with Gasteiger partial charge in [0.05, 0.1) is 5.92 Å². The average Bonchev–Trinajstić information content (AvgIpc) is 3.16.